The molecule has 0 N–H and O–H groups in total. The summed E-state index contributed by atoms with van der Waals surface area (Å²) < 4.78 is 32.8. The molecule has 170 valence electrons. The Bertz CT molecular complexity index is 793. The van der Waals surface area contributed by atoms with Gasteiger partial charge in [-0.25, -0.2) is 0 Å². The molecule has 2 rings (SSSR count). The third-order valence-electron chi connectivity index (χ3n) is 4.30. The minimum atomic E-state index is -1.81. The monoisotopic (exact) mass is 438 g/mol. The van der Waals surface area contributed by atoms with E-state index in [0.717, 1.165) is 12.5 Å². The number of ether oxygens (including phenoxy) is 6. The average Bonchev–Trinajstić information content (AvgIpc) is 2.96. The second-order valence-electron chi connectivity index (χ2n) is 6.93. The smallest absolute Gasteiger partial charge is 0.303 e. The summed E-state index contributed by atoms with van der Waals surface area (Å²) in [4.78, 5) is 46.4. The summed E-state index contributed by atoms with van der Waals surface area (Å²) in [6.45, 7) is 3.98. The van der Waals surface area contributed by atoms with Crippen molar-refractivity contribution < 1.29 is 47.6 Å². The van der Waals surface area contributed by atoms with E-state index >= 15 is 0 Å². The number of benzene rings is 1. The largest absolute Gasteiger partial charge is 0.463 e. The van der Waals surface area contributed by atoms with Gasteiger partial charge in [-0.3, -0.25) is 19.2 Å². The van der Waals surface area contributed by atoms with Gasteiger partial charge in [-0.2, -0.15) is 0 Å². The average molecular weight is 438 g/mol. The van der Waals surface area contributed by atoms with Crippen molar-refractivity contribution in [2.75, 3.05) is 13.2 Å². The quantitative estimate of drug-likeness (QED) is 0.411. The lowest BCUT2D eigenvalue weighted by Crippen LogP contribution is -2.52. The van der Waals surface area contributed by atoms with Crippen molar-refractivity contribution in [3.8, 4) is 0 Å². The minimum Gasteiger partial charge on any atom is -0.463 e. The maximum absolute atomic E-state index is 11.8. The molecule has 1 fully saturated rings. The van der Waals surface area contributed by atoms with E-state index in [-0.39, 0.29) is 13.2 Å². The summed E-state index contributed by atoms with van der Waals surface area (Å²) in [7, 11) is 0. The lowest BCUT2D eigenvalue weighted by molar-refractivity contribution is -0.286. The molecule has 31 heavy (non-hydrogen) atoms. The van der Waals surface area contributed by atoms with Gasteiger partial charge in [0.05, 0.1) is 6.61 Å². The van der Waals surface area contributed by atoms with Gasteiger partial charge in [-0.15, -0.1) is 0 Å². The molecule has 0 spiro atoms. The molecule has 0 bridgehead atoms. The molecule has 0 radical (unpaired) electrons. The zero-order valence-electron chi connectivity index (χ0n) is 17.8. The van der Waals surface area contributed by atoms with Crippen molar-refractivity contribution in [1.29, 1.82) is 0 Å². The molecule has 1 saturated heterocycles. The van der Waals surface area contributed by atoms with Crippen LogP contribution in [0.3, 0.4) is 0 Å². The van der Waals surface area contributed by atoms with Crippen LogP contribution in [-0.2, 0) is 54.2 Å². The van der Waals surface area contributed by atoms with Crippen molar-refractivity contribution >= 4 is 23.9 Å². The van der Waals surface area contributed by atoms with E-state index in [1.54, 1.807) is 12.1 Å². The summed E-state index contributed by atoms with van der Waals surface area (Å²) in [6, 6.07) is 9.05. The van der Waals surface area contributed by atoms with Gasteiger partial charge >= 0.3 is 23.9 Å². The number of esters is 4. The molecular formula is C21H26O10. The van der Waals surface area contributed by atoms with Crippen LogP contribution in [0.25, 0.3) is 0 Å². The van der Waals surface area contributed by atoms with Crippen LogP contribution in [0.15, 0.2) is 30.3 Å². The first-order chi connectivity index (χ1) is 14.6. The molecule has 1 heterocycles. The Kier molecular flexibility index (Phi) is 8.52. The maximum atomic E-state index is 11.8. The van der Waals surface area contributed by atoms with Crippen LogP contribution in [0.1, 0.15) is 33.3 Å². The van der Waals surface area contributed by atoms with Gasteiger partial charge in [0.2, 0.25) is 5.79 Å². The molecule has 1 aliphatic heterocycles. The van der Waals surface area contributed by atoms with E-state index in [1.807, 2.05) is 18.2 Å². The van der Waals surface area contributed by atoms with E-state index in [4.69, 9.17) is 28.4 Å². The fourth-order valence-corrected chi connectivity index (χ4v) is 3.08. The topological polar surface area (TPSA) is 124 Å². The summed E-state index contributed by atoms with van der Waals surface area (Å²) in [6.07, 6.45) is -3.51. The van der Waals surface area contributed by atoms with E-state index in [0.29, 0.717) is 0 Å². The van der Waals surface area contributed by atoms with Crippen molar-refractivity contribution in [1.82, 2.24) is 0 Å². The number of hydrogen-bond donors (Lipinski definition) is 0. The van der Waals surface area contributed by atoms with Gasteiger partial charge in [0.25, 0.3) is 0 Å². The van der Waals surface area contributed by atoms with Gasteiger partial charge in [0, 0.05) is 27.7 Å². The highest BCUT2D eigenvalue weighted by atomic mass is 16.8. The molecule has 0 aromatic heterocycles. The molecule has 1 aromatic carbocycles. The molecule has 10 heteroatoms. The van der Waals surface area contributed by atoms with E-state index in [1.165, 1.54) is 20.8 Å². The Morgan fingerprint density at radius 1 is 0.871 bits per heavy atom. The van der Waals surface area contributed by atoms with Crippen molar-refractivity contribution in [3.05, 3.63) is 35.9 Å². The molecule has 10 nitrogen and oxygen atoms in total. The lowest BCUT2D eigenvalue weighted by atomic mass is 10.0. The molecular weight excluding hydrogens is 412 g/mol. The molecule has 0 aliphatic carbocycles. The van der Waals surface area contributed by atoms with Crippen LogP contribution < -0.4 is 0 Å². The number of hydrogen-bond acceptors (Lipinski definition) is 10. The van der Waals surface area contributed by atoms with E-state index < -0.39 is 54.6 Å². The highest BCUT2D eigenvalue weighted by Crippen LogP contribution is 2.38. The molecule has 0 unspecified atom stereocenters. The zero-order valence-corrected chi connectivity index (χ0v) is 17.8. The molecule has 0 saturated carbocycles. The highest BCUT2D eigenvalue weighted by Gasteiger charge is 2.61. The predicted octanol–water partition coefficient (Wildman–Crippen LogP) is 1.29. The normalized spacial score (nSPS) is 24.8. The number of rotatable bonds is 9. The number of carbonyl (C=O) groups is 4. The zero-order chi connectivity index (χ0) is 23.0. The summed E-state index contributed by atoms with van der Waals surface area (Å²) >= 11 is 0. The Labute approximate surface area is 179 Å². The Hall–Kier alpha value is -2.98. The first kappa shape index (κ1) is 24.3. The number of carbonyl (C=O) groups excluding carboxylic acids is 4. The first-order valence-corrected chi connectivity index (χ1v) is 9.60. The van der Waals surface area contributed by atoms with Crippen molar-refractivity contribution in [2.45, 2.75) is 58.4 Å². The summed E-state index contributed by atoms with van der Waals surface area (Å²) in [5.41, 5.74) is 0.766. The Morgan fingerprint density at radius 3 is 2.03 bits per heavy atom. The fourth-order valence-electron chi connectivity index (χ4n) is 3.08. The summed E-state index contributed by atoms with van der Waals surface area (Å²) in [5, 5.41) is 0. The second-order valence-corrected chi connectivity index (χ2v) is 6.93. The SMILES string of the molecule is CC(=O)OC[C@H]1O[C@](COC(C)=O)(OCc2ccccc2)[C@@H](OC(C)=O)[C@@H]1OC(C)=O. The van der Waals surface area contributed by atoms with Crippen LogP contribution >= 0.6 is 0 Å². The summed E-state index contributed by atoms with van der Waals surface area (Å²) in [5.74, 6) is -4.39. The van der Waals surface area contributed by atoms with Gasteiger partial charge in [-0.05, 0) is 5.56 Å². The Morgan fingerprint density at radius 2 is 1.48 bits per heavy atom. The second kappa shape index (κ2) is 10.9. The van der Waals surface area contributed by atoms with E-state index in [2.05, 4.69) is 0 Å². The van der Waals surface area contributed by atoms with Crippen LogP contribution in [0, 0.1) is 0 Å². The van der Waals surface area contributed by atoms with Crippen LogP contribution in [0.2, 0.25) is 0 Å². The third kappa shape index (κ3) is 7.04. The predicted molar refractivity (Wildman–Crippen MR) is 103 cm³/mol. The Balaban J connectivity index is 2.41. The molecule has 4 atom stereocenters. The van der Waals surface area contributed by atoms with Gasteiger partial charge < -0.3 is 28.4 Å². The lowest BCUT2D eigenvalue weighted by Gasteiger charge is -2.33. The third-order valence-corrected chi connectivity index (χ3v) is 4.30. The van der Waals surface area contributed by atoms with Crippen LogP contribution in [0.5, 0.6) is 0 Å². The van der Waals surface area contributed by atoms with Crippen molar-refractivity contribution in [2.24, 2.45) is 0 Å². The highest BCUT2D eigenvalue weighted by molar-refractivity contribution is 5.68. The van der Waals surface area contributed by atoms with Crippen molar-refractivity contribution in [3.63, 3.8) is 0 Å². The first-order valence-electron chi connectivity index (χ1n) is 9.60. The van der Waals surface area contributed by atoms with Gasteiger partial charge in [0.1, 0.15) is 19.3 Å². The minimum absolute atomic E-state index is 0.00689. The van der Waals surface area contributed by atoms with Gasteiger partial charge in [-0.1, -0.05) is 30.3 Å². The van der Waals surface area contributed by atoms with E-state index in [9.17, 15) is 19.2 Å². The standard InChI is InChI=1S/C21H26O10/c1-13(22)26-11-18-19(29-15(3)24)20(30-16(4)25)21(31-18,12-27-14(2)23)28-10-17-8-6-5-7-9-17/h5-9,18-20H,10-12H2,1-4H3/t18-,19-,20+,21+/m1/s1. The fraction of sp³-hybridized carbons (Fsp3) is 0.524. The van der Waals surface area contributed by atoms with Gasteiger partial charge in [0.15, 0.2) is 12.2 Å². The van der Waals surface area contributed by atoms with Crippen LogP contribution in [0.4, 0.5) is 0 Å². The molecule has 1 aromatic rings. The molecule has 1 aliphatic rings. The molecule has 0 amide bonds. The maximum Gasteiger partial charge on any atom is 0.303 e. The van der Waals surface area contributed by atoms with Crippen LogP contribution in [-0.4, -0.2) is 61.2 Å².